The monoisotopic (exact) mass is 618 g/mol. The summed E-state index contributed by atoms with van der Waals surface area (Å²) in [6.07, 6.45) is 1.97. The van der Waals surface area contributed by atoms with E-state index in [2.05, 4.69) is 21.9 Å². The Morgan fingerprint density at radius 3 is 2.22 bits per heavy atom. The molecule has 2 N–H and O–H groups in total. The third-order valence-corrected chi connectivity index (χ3v) is 9.12. The summed E-state index contributed by atoms with van der Waals surface area (Å²) < 4.78 is 27.0. The molecule has 11 heteroatoms. The normalized spacial score (nSPS) is 17.2. The fraction of sp³-hybridized carbons (Fsp3) is 0.267. The Morgan fingerprint density at radius 2 is 1.56 bits per heavy atom. The van der Waals surface area contributed by atoms with Gasteiger partial charge in [-0.1, -0.05) is 29.4 Å². The lowest BCUT2D eigenvalue weighted by atomic mass is 9.96. The minimum Gasteiger partial charge on any atom is -0.478 e. The summed E-state index contributed by atoms with van der Waals surface area (Å²) in [5, 5.41) is 16.4. The molecule has 1 fully saturated rings. The van der Waals surface area contributed by atoms with Crippen LogP contribution in [0.1, 0.15) is 17.2 Å². The van der Waals surface area contributed by atoms with Gasteiger partial charge < -0.3 is 10.2 Å². The zero-order chi connectivity index (χ0) is 29.4. The molecule has 5 rings (SSSR count). The fourth-order valence-electron chi connectivity index (χ4n) is 4.69. The second-order valence-corrected chi connectivity index (χ2v) is 12.1. The van der Waals surface area contributed by atoms with E-state index in [0.717, 1.165) is 64.6 Å². The van der Waals surface area contributed by atoms with Crippen LogP contribution in [0.3, 0.4) is 0 Å². The van der Waals surface area contributed by atoms with E-state index in [1.807, 2.05) is 24.3 Å². The summed E-state index contributed by atoms with van der Waals surface area (Å²) in [6, 6.07) is 18.2. The Hall–Kier alpha value is -2.89. The maximum absolute atomic E-state index is 13.9. The van der Waals surface area contributed by atoms with E-state index in [4.69, 9.17) is 21.8 Å². The van der Waals surface area contributed by atoms with Crippen molar-refractivity contribution in [2.45, 2.75) is 27.1 Å². The molecule has 0 aliphatic carbocycles. The number of rotatable bonds is 7. The van der Waals surface area contributed by atoms with E-state index in [9.17, 15) is 18.4 Å². The molecule has 0 radical (unpaired) electrons. The zero-order valence-corrected chi connectivity index (χ0v) is 24.4. The quantitative estimate of drug-likeness (QED) is 0.230. The summed E-state index contributed by atoms with van der Waals surface area (Å²) in [6.45, 7) is 5.01. The van der Waals surface area contributed by atoms with Gasteiger partial charge in [0, 0.05) is 76.4 Å². The first-order valence-electron chi connectivity index (χ1n) is 12.9. The molecular formula is C30H29ClF2N2O4S2. The number of aliphatic carboxylic acids is 2. The number of carboxylic acid groups (broad SMARTS) is 2. The van der Waals surface area contributed by atoms with Gasteiger partial charge in [0.2, 0.25) is 0 Å². The van der Waals surface area contributed by atoms with E-state index in [1.54, 1.807) is 35.7 Å². The molecule has 1 atom stereocenters. The number of fused-ring (bicyclic) bond motifs is 2. The van der Waals surface area contributed by atoms with Crippen molar-refractivity contribution in [3.05, 3.63) is 101 Å². The van der Waals surface area contributed by atoms with Gasteiger partial charge in [0.1, 0.15) is 11.6 Å². The van der Waals surface area contributed by atoms with E-state index in [-0.39, 0.29) is 17.7 Å². The fourth-order valence-corrected chi connectivity index (χ4v) is 6.93. The average molecular weight is 619 g/mol. The molecule has 0 amide bonds. The molecule has 0 bridgehead atoms. The van der Waals surface area contributed by atoms with Gasteiger partial charge in [0.15, 0.2) is 0 Å². The van der Waals surface area contributed by atoms with Crippen molar-refractivity contribution in [2.75, 3.05) is 38.5 Å². The molecule has 1 saturated heterocycles. The van der Waals surface area contributed by atoms with Crippen LogP contribution in [-0.2, 0) is 16.0 Å². The number of hydrogen-bond acceptors (Lipinski definition) is 6. The highest BCUT2D eigenvalue weighted by Gasteiger charge is 2.30. The van der Waals surface area contributed by atoms with Crippen LogP contribution >= 0.6 is 35.1 Å². The summed E-state index contributed by atoms with van der Waals surface area (Å²) >= 11 is 9.80. The summed E-state index contributed by atoms with van der Waals surface area (Å²) in [5.41, 5.74) is 2.43. The zero-order valence-electron chi connectivity index (χ0n) is 22.0. The Balaban J connectivity index is 0.000000426. The van der Waals surface area contributed by atoms with Gasteiger partial charge in [0.25, 0.3) is 0 Å². The Labute approximate surface area is 251 Å². The molecule has 41 heavy (non-hydrogen) atoms. The van der Waals surface area contributed by atoms with Crippen LogP contribution in [0.4, 0.5) is 8.78 Å². The Kier molecular flexibility index (Phi) is 11.2. The van der Waals surface area contributed by atoms with Crippen molar-refractivity contribution in [1.82, 2.24) is 9.80 Å². The van der Waals surface area contributed by atoms with Crippen LogP contribution in [-0.4, -0.2) is 70.4 Å². The standard InChI is InChI=1S/C26H25ClF2N2S2.C4H4O4/c27-19-2-8-25-23(16-19)24(15-18-1-3-21(29)17-26(18)33-25)31-11-9-30(10-12-31)13-14-32-22-6-4-20(28)5-7-22;5-3(6)1-2-4(7)8/h1-8,16-17,24H,9-15H2;1-2H,(H,5,6)(H,7,8)/b;2-1-. The lowest BCUT2D eigenvalue weighted by Crippen LogP contribution is -2.48. The number of carbonyl (C=O) groups is 2. The number of nitrogens with zero attached hydrogens (tertiary/aromatic N) is 2. The number of carboxylic acids is 2. The Morgan fingerprint density at radius 1 is 0.902 bits per heavy atom. The maximum Gasteiger partial charge on any atom is 0.328 e. The highest BCUT2D eigenvalue weighted by Crippen LogP contribution is 2.44. The largest absolute Gasteiger partial charge is 0.478 e. The highest BCUT2D eigenvalue weighted by molar-refractivity contribution is 7.99. The van der Waals surface area contributed by atoms with E-state index in [1.165, 1.54) is 23.3 Å². The number of thioether (sulfide) groups is 1. The van der Waals surface area contributed by atoms with Gasteiger partial charge in [-0.15, -0.1) is 11.8 Å². The number of hydrogen-bond donors (Lipinski definition) is 2. The predicted octanol–water partition coefficient (Wildman–Crippen LogP) is 6.49. The van der Waals surface area contributed by atoms with Gasteiger partial charge in [-0.2, -0.15) is 0 Å². The molecule has 2 heterocycles. The first-order chi connectivity index (χ1) is 19.7. The average Bonchev–Trinajstić information content (AvgIpc) is 3.10. The highest BCUT2D eigenvalue weighted by atomic mass is 35.5. The SMILES string of the molecule is Fc1ccc(SCCN2CCN(C3Cc4ccc(F)cc4Sc4ccc(Cl)cc43)CC2)cc1.O=C(O)/C=C\C(=O)O. The molecule has 216 valence electrons. The van der Waals surface area contributed by atoms with Gasteiger partial charge in [-0.25, -0.2) is 18.4 Å². The molecule has 2 aliphatic heterocycles. The Bertz CT molecular complexity index is 1380. The molecule has 2 aliphatic rings. The van der Waals surface area contributed by atoms with Crippen LogP contribution in [0, 0.1) is 11.6 Å². The van der Waals surface area contributed by atoms with Crippen LogP contribution in [0.2, 0.25) is 5.02 Å². The second-order valence-electron chi connectivity index (χ2n) is 9.45. The molecule has 1 unspecified atom stereocenters. The smallest absolute Gasteiger partial charge is 0.328 e. The van der Waals surface area contributed by atoms with Gasteiger partial charge in [-0.3, -0.25) is 9.80 Å². The number of benzene rings is 3. The lowest BCUT2D eigenvalue weighted by molar-refractivity contribution is -0.134. The predicted molar refractivity (Wildman–Crippen MR) is 158 cm³/mol. The van der Waals surface area contributed by atoms with Crippen LogP contribution in [0.25, 0.3) is 0 Å². The first kappa shape index (κ1) is 31.1. The maximum atomic E-state index is 13.9. The third kappa shape index (κ3) is 9.31. The number of halogens is 3. The molecule has 6 nitrogen and oxygen atoms in total. The van der Waals surface area contributed by atoms with Crippen LogP contribution in [0.15, 0.2) is 87.5 Å². The van der Waals surface area contributed by atoms with E-state index < -0.39 is 11.9 Å². The van der Waals surface area contributed by atoms with Crippen LogP contribution in [0.5, 0.6) is 0 Å². The summed E-state index contributed by atoms with van der Waals surface area (Å²) in [7, 11) is 0. The van der Waals surface area contributed by atoms with E-state index >= 15 is 0 Å². The molecule has 3 aromatic rings. The van der Waals surface area contributed by atoms with Crippen LogP contribution < -0.4 is 0 Å². The molecule has 0 saturated carbocycles. The van der Waals surface area contributed by atoms with Crippen molar-refractivity contribution >= 4 is 47.1 Å². The van der Waals surface area contributed by atoms with Gasteiger partial charge >= 0.3 is 11.9 Å². The molecule has 0 aromatic heterocycles. The van der Waals surface area contributed by atoms with Gasteiger partial charge in [0.05, 0.1) is 0 Å². The van der Waals surface area contributed by atoms with Crippen molar-refractivity contribution < 1.29 is 28.6 Å². The van der Waals surface area contributed by atoms with Gasteiger partial charge in [-0.05, 0) is 72.1 Å². The van der Waals surface area contributed by atoms with Crippen molar-refractivity contribution in [3.63, 3.8) is 0 Å². The van der Waals surface area contributed by atoms with Crippen molar-refractivity contribution in [3.8, 4) is 0 Å². The summed E-state index contributed by atoms with van der Waals surface area (Å²) in [5.74, 6) is -1.91. The second kappa shape index (κ2) is 14.8. The molecule has 3 aromatic carbocycles. The minimum absolute atomic E-state index is 0.192. The summed E-state index contributed by atoms with van der Waals surface area (Å²) in [4.78, 5) is 27.4. The topological polar surface area (TPSA) is 81.1 Å². The molecule has 0 spiro atoms. The number of piperazine rings is 1. The van der Waals surface area contributed by atoms with Crippen molar-refractivity contribution in [1.29, 1.82) is 0 Å². The van der Waals surface area contributed by atoms with Crippen molar-refractivity contribution in [2.24, 2.45) is 0 Å². The van der Waals surface area contributed by atoms with E-state index in [0.29, 0.717) is 12.2 Å². The first-order valence-corrected chi connectivity index (χ1v) is 15.1. The minimum atomic E-state index is -1.26. The lowest BCUT2D eigenvalue weighted by Gasteiger charge is -2.39. The molecular weight excluding hydrogens is 590 g/mol. The third-order valence-electron chi connectivity index (χ3n) is 6.70.